The maximum absolute atomic E-state index is 10.4. The lowest BCUT2D eigenvalue weighted by atomic mass is 9.61. The molecule has 174 valence electrons. The van der Waals surface area contributed by atoms with Gasteiger partial charge in [0.2, 0.25) is 0 Å². The molecule has 0 aromatic carbocycles. The highest BCUT2D eigenvalue weighted by Gasteiger charge is 2.59. The molecule has 3 N–H and O–H groups in total. The minimum absolute atomic E-state index is 0.332. The van der Waals surface area contributed by atoms with Crippen LogP contribution in [0.15, 0.2) is 35.5 Å². The van der Waals surface area contributed by atoms with E-state index in [2.05, 4.69) is 38.2 Å². The zero-order valence-electron chi connectivity index (χ0n) is 19.8. The van der Waals surface area contributed by atoms with Crippen molar-refractivity contribution in [3.8, 4) is 0 Å². The van der Waals surface area contributed by atoms with E-state index in [-0.39, 0.29) is 0 Å². The van der Waals surface area contributed by atoms with Gasteiger partial charge in [0.25, 0.3) is 0 Å². The van der Waals surface area contributed by atoms with E-state index in [1.165, 1.54) is 25.7 Å². The van der Waals surface area contributed by atoms with Crippen molar-refractivity contribution in [1.29, 1.82) is 0 Å². The number of ether oxygens (including phenoxy) is 1. The Bertz CT molecular complexity index is 738. The lowest BCUT2D eigenvalue weighted by molar-refractivity contribution is -0.0292. The summed E-state index contributed by atoms with van der Waals surface area (Å²) < 4.78 is 5.39. The predicted octanol–water partition coefficient (Wildman–Crippen LogP) is 4.69. The Balaban J connectivity index is 1.45. The third kappa shape index (κ3) is 4.59. The number of hydrogen-bond donors (Lipinski definition) is 3. The molecule has 31 heavy (non-hydrogen) atoms. The Hall–Kier alpha value is -0.940. The Morgan fingerprint density at radius 1 is 1.16 bits per heavy atom. The largest absolute Gasteiger partial charge is 0.390 e. The first kappa shape index (κ1) is 23.2. The number of epoxide rings is 1. The van der Waals surface area contributed by atoms with Crippen molar-refractivity contribution in [1.82, 2.24) is 0 Å². The fraction of sp³-hybridized carbons (Fsp3) is 0.778. The number of rotatable bonds is 5. The molecule has 6 atom stereocenters. The van der Waals surface area contributed by atoms with Crippen molar-refractivity contribution in [3.63, 3.8) is 0 Å². The molecule has 1 aliphatic heterocycles. The molecule has 0 aromatic rings. The van der Waals surface area contributed by atoms with Crippen LogP contribution in [0.5, 0.6) is 0 Å². The first-order valence-corrected chi connectivity index (χ1v) is 12.3. The smallest absolute Gasteiger partial charge is 0.144 e. The lowest BCUT2D eigenvalue weighted by Gasteiger charge is -2.44. The van der Waals surface area contributed by atoms with Gasteiger partial charge >= 0.3 is 0 Å². The molecule has 0 aromatic heterocycles. The van der Waals surface area contributed by atoms with E-state index in [4.69, 9.17) is 4.74 Å². The molecular weight excluding hydrogens is 388 g/mol. The number of aliphatic hydroxyl groups excluding tert-OH is 2. The van der Waals surface area contributed by atoms with Gasteiger partial charge in [0.05, 0.1) is 24.4 Å². The summed E-state index contributed by atoms with van der Waals surface area (Å²) in [6.07, 6.45) is 15.9. The highest BCUT2D eigenvalue weighted by atomic mass is 16.6. The summed E-state index contributed by atoms with van der Waals surface area (Å²) in [6, 6.07) is 0. The van der Waals surface area contributed by atoms with Crippen LogP contribution >= 0.6 is 0 Å². The lowest BCUT2D eigenvalue weighted by Crippen LogP contribution is -2.45. The summed E-state index contributed by atoms with van der Waals surface area (Å²) in [6.45, 7) is 9.05. The molecule has 3 aliphatic carbocycles. The SMILES string of the molecule is C[C@H](/C=C/CC(C)(C)O)C1CCC2/C(=C/C=C3C[C@@H](O)C4(CO4)[C@H](O)C3)CCCC21C. The molecule has 1 heterocycles. The molecule has 4 heteroatoms. The van der Waals surface area contributed by atoms with Gasteiger partial charge in [0, 0.05) is 0 Å². The van der Waals surface area contributed by atoms with Crippen molar-refractivity contribution in [3.05, 3.63) is 35.5 Å². The molecule has 1 saturated heterocycles. The minimum Gasteiger partial charge on any atom is -0.390 e. The van der Waals surface area contributed by atoms with E-state index in [1.54, 1.807) is 5.57 Å². The fourth-order valence-electron chi connectivity index (χ4n) is 6.83. The summed E-state index contributed by atoms with van der Waals surface area (Å²) in [5.74, 6) is 1.83. The van der Waals surface area contributed by atoms with Crippen molar-refractivity contribution in [2.75, 3.05) is 6.61 Å². The second-order valence-electron chi connectivity index (χ2n) is 11.6. The van der Waals surface area contributed by atoms with Crippen LogP contribution in [-0.4, -0.2) is 45.3 Å². The zero-order chi connectivity index (χ0) is 22.4. The Morgan fingerprint density at radius 3 is 2.45 bits per heavy atom. The maximum Gasteiger partial charge on any atom is 0.144 e. The molecule has 4 fully saturated rings. The molecule has 0 amide bonds. The molecule has 4 aliphatic rings. The molecule has 3 unspecified atom stereocenters. The van der Waals surface area contributed by atoms with Crippen LogP contribution in [-0.2, 0) is 4.74 Å². The topological polar surface area (TPSA) is 73.2 Å². The summed E-state index contributed by atoms with van der Waals surface area (Å²) in [5.41, 5.74) is 1.71. The highest BCUT2D eigenvalue weighted by molar-refractivity contribution is 5.28. The van der Waals surface area contributed by atoms with Crippen molar-refractivity contribution in [2.45, 2.75) is 102 Å². The summed E-state index contributed by atoms with van der Waals surface area (Å²) in [4.78, 5) is 0. The number of aliphatic hydroxyl groups is 3. The van der Waals surface area contributed by atoms with Crippen LogP contribution in [0.2, 0.25) is 0 Å². The van der Waals surface area contributed by atoms with Crippen molar-refractivity contribution >= 4 is 0 Å². The van der Waals surface area contributed by atoms with Gasteiger partial charge in [-0.3, -0.25) is 0 Å². The molecule has 3 saturated carbocycles. The van der Waals surface area contributed by atoms with Gasteiger partial charge in [-0.1, -0.05) is 49.3 Å². The van der Waals surface area contributed by atoms with Crippen molar-refractivity contribution in [2.24, 2.45) is 23.2 Å². The van der Waals surface area contributed by atoms with E-state index in [9.17, 15) is 15.3 Å². The first-order valence-electron chi connectivity index (χ1n) is 12.3. The summed E-state index contributed by atoms with van der Waals surface area (Å²) in [7, 11) is 0. The monoisotopic (exact) mass is 430 g/mol. The van der Waals surface area contributed by atoms with Crippen molar-refractivity contribution < 1.29 is 20.1 Å². The summed E-state index contributed by atoms with van der Waals surface area (Å²) >= 11 is 0. The average molecular weight is 431 g/mol. The van der Waals surface area contributed by atoms with E-state index < -0.39 is 23.4 Å². The van der Waals surface area contributed by atoms with Gasteiger partial charge in [-0.05, 0) is 88.4 Å². The van der Waals surface area contributed by atoms with Crippen LogP contribution in [0.4, 0.5) is 0 Å². The quantitative estimate of drug-likeness (QED) is 0.437. The predicted molar refractivity (Wildman–Crippen MR) is 123 cm³/mol. The van der Waals surface area contributed by atoms with Crippen LogP contribution < -0.4 is 0 Å². The third-order valence-electron chi connectivity index (χ3n) is 8.78. The van der Waals surface area contributed by atoms with Crippen LogP contribution in [0.25, 0.3) is 0 Å². The first-order chi connectivity index (χ1) is 14.6. The molecular formula is C27H42O4. The molecule has 0 radical (unpaired) electrons. The van der Waals surface area contributed by atoms with E-state index in [0.29, 0.717) is 49.0 Å². The Morgan fingerprint density at radius 2 is 1.84 bits per heavy atom. The minimum atomic E-state index is -0.679. The highest BCUT2D eigenvalue weighted by Crippen LogP contribution is 2.59. The third-order valence-corrected chi connectivity index (χ3v) is 8.78. The van der Waals surface area contributed by atoms with Gasteiger partial charge < -0.3 is 20.1 Å². The molecule has 1 spiro atoms. The number of allylic oxidation sites excluding steroid dienone is 4. The zero-order valence-corrected chi connectivity index (χ0v) is 19.8. The summed E-state index contributed by atoms with van der Waals surface area (Å²) in [5, 5.41) is 30.8. The second-order valence-corrected chi connectivity index (χ2v) is 11.6. The molecule has 0 bridgehead atoms. The normalized spacial score (nSPS) is 42.9. The van der Waals surface area contributed by atoms with Gasteiger partial charge in [-0.2, -0.15) is 0 Å². The number of hydrogen-bond acceptors (Lipinski definition) is 4. The van der Waals surface area contributed by atoms with E-state index >= 15 is 0 Å². The molecule has 4 nitrogen and oxygen atoms in total. The molecule has 4 rings (SSSR count). The van der Waals surface area contributed by atoms with Crippen LogP contribution in [0.1, 0.15) is 79.1 Å². The fourth-order valence-corrected chi connectivity index (χ4v) is 6.83. The van der Waals surface area contributed by atoms with Crippen LogP contribution in [0, 0.1) is 23.2 Å². The van der Waals surface area contributed by atoms with E-state index in [0.717, 1.165) is 12.0 Å². The average Bonchev–Trinajstić information content (AvgIpc) is 3.40. The van der Waals surface area contributed by atoms with E-state index in [1.807, 2.05) is 13.8 Å². The van der Waals surface area contributed by atoms with Gasteiger partial charge in [0.15, 0.2) is 0 Å². The standard InChI is InChI=1S/C27H42O4/c1-18(7-5-13-25(2,3)30)21-11-12-22-20(8-6-14-26(21,22)4)10-9-19-15-23(28)27(17-31-27)24(29)16-19/h5,7,9-10,18,21-24,28-30H,6,8,11-17H2,1-4H3/b7-5+,19-9?,20-10+/t18-,21?,22?,23-,24-,26?,27?/m1/s1. The Kier molecular flexibility index (Phi) is 6.33. The second kappa shape index (κ2) is 8.44. The van der Waals surface area contributed by atoms with Gasteiger partial charge in [-0.15, -0.1) is 0 Å². The van der Waals surface area contributed by atoms with Gasteiger partial charge in [0.1, 0.15) is 5.60 Å². The van der Waals surface area contributed by atoms with Crippen LogP contribution in [0.3, 0.4) is 0 Å². The number of fused-ring (bicyclic) bond motifs is 1. The Labute approximate surface area is 188 Å². The van der Waals surface area contributed by atoms with Gasteiger partial charge in [-0.25, -0.2) is 0 Å². The maximum atomic E-state index is 10.4.